The largest absolute Gasteiger partial charge is 0.481 e. The van der Waals surface area contributed by atoms with E-state index < -0.39 is 5.97 Å². The van der Waals surface area contributed by atoms with Crippen molar-refractivity contribution in [2.45, 2.75) is 66.2 Å². The van der Waals surface area contributed by atoms with E-state index in [-0.39, 0.29) is 17.9 Å². The quantitative estimate of drug-likeness (QED) is 0.752. The molecule has 2 aliphatic rings. The molecule has 2 rings (SSSR count). The molecule has 0 aliphatic heterocycles. The summed E-state index contributed by atoms with van der Waals surface area (Å²) >= 11 is 0. The smallest absolute Gasteiger partial charge is 0.306 e. The van der Waals surface area contributed by atoms with Gasteiger partial charge in [0, 0.05) is 12.0 Å². The minimum Gasteiger partial charge on any atom is -0.481 e. The van der Waals surface area contributed by atoms with Crippen molar-refractivity contribution in [1.82, 2.24) is 0 Å². The first kappa shape index (κ1) is 17.2. The predicted octanol–water partition coefficient (Wildman–Crippen LogP) is 4.01. The standard InChI is InChI=1S/C15H24O3.C2H6/c1-10(2)12-6-8-15(9-16)7-5-11(14(17)18)3-4-13(12)15;1-2/h11,13,16H,3-9H2,1-2H3,(H,17,18);1-2H3. The van der Waals surface area contributed by atoms with Gasteiger partial charge < -0.3 is 10.2 Å². The molecule has 0 bridgehead atoms. The molecule has 0 heterocycles. The number of hydrogen-bond acceptors (Lipinski definition) is 2. The van der Waals surface area contributed by atoms with Crippen molar-refractivity contribution in [2.24, 2.45) is 17.3 Å². The lowest BCUT2D eigenvalue weighted by molar-refractivity contribution is -0.142. The highest BCUT2D eigenvalue weighted by atomic mass is 16.4. The van der Waals surface area contributed by atoms with Crippen LogP contribution in [-0.2, 0) is 4.79 Å². The highest BCUT2D eigenvalue weighted by molar-refractivity contribution is 5.70. The monoisotopic (exact) mass is 282 g/mol. The molecule has 3 atom stereocenters. The summed E-state index contributed by atoms with van der Waals surface area (Å²) in [6, 6.07) is 0. The molecule has 116 valence electrons. The summed E-state index contributed by atoms with van der Waals surface area (Å²) in [7, 11) is 0. The van der Waals surface area contributed by atoms with Crippen molar-refractivity contribution in [1.29, 1.82) is 0 Å². The summed E-state index contributed by atoms with van der Waals surface area (Å²) in [5.74, 6) is -0.462. The van der Waals surface area contributed by atoms with Gasteiger partial charge in [-0.15, -0.1) is 0 Å². The molecule has 2 saturated carbocycles. The Morgan fingerprint density at radius 2 is 1.85 bits per heavy atom. The lowest BCUT2D eigenvalue weighted by Crippen LogP contribution is -2.29. The van der Waals surface area contributed by atoms with E-state index in [0.29, 0.717) is 5.92 Å². The molecule has 0 aromatic heterocycles. The minimum absolute atomic E-state index is 0.0309. The SMILES string of the molecule is CC.CC(C)=C1CCC2(CO)CCC(C(=O)O)CCC12. The lowest BCUT2D eigenvalue weighted by atomic mass is 9.73. The molecule has 3 heteroatoms. The molecule has 3 nitrogen and oxygen atoms in total. The van der Waals surface area contributed by atoms with Crippen LogP contribution in [0.15, 0.2) is 11.1 Å². The van der Waals surface area contributed by atoms with Crippen molar-refractivity contribution >= 4 is 5.97 Å². The lowest BCUT2D eigenvalue weighted by Gasteiger charge is -2.32. The second-order valence-electron chi connectivity index (χ2n) is 6.25. The Hall–Kier alpha value is -0.830. The average molecular weight is 282 g/mol. The van der Waals surface area contributed by atoms with Crippen LogP contribution in [0.4, 0.5) is 0 Å². The number of rotatable bonds is 2. The van der Waals surface area contributed by atoms with Crippen LogP contribution >= 0.6 is 0 Å². The minimum atomic E-state index is -0.665. The fourth-order valence-electron chi connectivity index (χ4n) is 3.97. The van der Waals surface area contributed by atoms with Gasteiger partial charge in [0.15, 0.2) is 0 Å². The van der Waals surface area contributed by atoms with Gasteiger partial charge in [-0.1, -0.05) is 25.0 Å². The molecular formula is C17H30O3. The van der Waals surface area contributed by atoms with Crippen LogP contribution in [-0.4, -0.2) is 22.8 Å². The third-order valence-electron chi connectivity index (χ3n) is 5.15. The van der Waals surface area contributed by atoms with Gasteiger partial charge in [0.05, 0.1) is 5.92 Å². The highest BCUT2D eigenvalue weighted by Gasteiger charge is 2.47. The number of hydrogen-bond donors (Lipinski definition) is 2. The third-order valence-corrected chi connectivity index (χ3v) is 5.15. The molecule has 0 spiro atoms. The molecule has 2 fully saturated rings. The van der Waals surface area contributed by atoms with Gasteiger partial charge in [-0.2, -0.15) is 0 Å². The fraction of sp³-hybridized carbons (Fsp3) is 0.824. The number of aliphatic hydroxyl groups is 1. The molecule has 0 amide bonds. The van der Waals surface area contributed by atoms with Crippen molar-refractivity contribution in [2.75, 3.05) is 6.61 Å². The Morgan fingerprint density at radius 1 is 1.20 bits per heavy atom. The molecule has 0 aromatic rings. The van der Waals surface area contributed by atoms with E-state index >= 15 is 0 Å². The highest BCUT2D eigenvalue weighted by Crippen LogP contribution is 2.55. The van der Waals surface area contributed by atoms with E-state index in [1.54, 1.807) is 0 Å². The maximum absolute atomic E-state index is 11.2. The predicted molar refractivity (Wildman–Crippen MR) is 81.6 cm³/mol. The average Bonchev–Trinajstić information content (AvgIpc) is 2.70. The number of carboxylic acids is 1. The number of carboxylic acid groups (broad SMARTS) is 1. The van der Waals surface area contributed by atoms with Crippen LogP contribution in [0, 0.1) is 17.3 Å². The first-order valence-corrected chi connectivity index (χ1v) is 8.00. The number of aliphatic carboxylic acids is 1. The van der Waals surface area contributed by atoms with E-state index in [4.69, 9.17) is 0 Å². The first-order valence-electron chi connectivity index (χ1n) is 8.00. The molecule has 2 aliphatic carbocycles. The summed E-state index contributed by atoms with van der Waals surface area (Å²) < 4.78 is 0. The van der Waals surface area contributed by atoms with Crippen molar-refractivity contribution in [3.63, 3.8) is 0 Å². The molecule has 2 N–H and O–H groups in total. The van der Waals surface area contributed by atoms with Gasteiger partial charge in [0.2, 0.25) is 0 Å². The maximum atomic E-state index is 11.2. The molecule has 0 radical (unpaired) electrons. The molecular weight excluding hydrogens is 252 g/mol. The van der Waals surface area contributed by atoms with Gasteiger partial charge in [0.25, 0.3) is 0 Å². The first-order chi connectivity index (χ1) is 9.50. The number of aliphatic hydroxyl groups excluding tert-OH is 1. The summed E-state index contributed by atoms with van der Waals surface area (Å²) in [5.41, 5.74) is 2.82. The van der Waals surface area contributed by atoms with Crippen LogP contribution in [0.5, 0.6) is 0 Å². The Bertz CT molecular complexity index is 368. The number of carbonyl (C=O) groups is 1. The van der Waals surface area contributed by atoms with Crippen LogP contribution in [0.25, 0.3) is 0 Å². The Morgan fingerprint density at radius 3 is 2.35 bits per heavy atom. The van der Waals surface area contributed by atoms with E-state index in [1.807, 2.05) is 13.8 Å². The topological polar surface area (TPSA) is 57.5 Å². The van der Waals surface area contributed by atoms with Crippen molar-refractivity contribution in [3.05, 3.63) is 11.1 Å². The van der Waals surface area contributed by atoms with Crippen molar-refractivity contribution in [3.8, 4) is 0 Å². The number of fused-ring (bicyclic) bond motifs is 1. The third kappa shape index (κ3) is 3.25. The summed E-state index contributed by atoms with van der Waals surface area (Å²) in [6.45, 7) is 8.49. The zero-order chi connectivity index (χ0) is 15.3. The van der Waals surface area contributed by atoms with E-state index in [9.17, 15) is 15.0 Å². The molecule has 20 heavy (non-hydrogen) atoms. The Kier molecular flexibility index (Phi) is 6.25. The summed E-state index contributed by atoms with van der Waals surface area (Å²) in [6.07, 6.45) is 5.40. The normalized spacial score (nSPS) is 32.8. The van der Waals surface area contributed by atoms with E-state index in [2.05, 4.69) is 13.8 Å². The zero-order valence-electron chi connectivity index (χ0n) is 13.4. The van der Waals surface area contributed by atoms with Crippen LogP contribution in [0.2, 0.25) is 0 Å². The molecule has 3 unspecified atom stereocenters. The van der Waals surface area contributed by atoms with Gasteiger partial charge in [-0.3, -0.25) is 4.79 Å². The van der Waals surface area contributed by atoms with Crippen LogP contribution < -0.4 is 0 Å². The van der Waals surface area contributed by atoms with Crippen LogP contribution in [0.1, 0.15) is 66.2 Å². The van der Waals surface area contributed by atoms with Crippen molar-refractivity contribution < 1.29 is 15.0 Å². The van der Waals surface area contributed by atoms with Crippen LogP contribution in [0.3, 0.4) is 0 Å². The van der Waals surface area contributed by atoms with Gasteiger partial charge in [-0.05, 0) is 58.3 Å². The fourth-order valence-corrected chi connectivity index (χ4v) is 3.97. The van der Waals surface area contributed by atoms with Gasteiger partial charge in [0.1, 0.15) is 0 Å². The molecule has 0 saturated heterocycles. The summed E-state index contributed by atoms with van der Waals surface area (Å²) in [4.78, 5) is 11.2. The van der Waals surface area contributed by atoms with Gasteiger partial charge >= 0.3 is 5.97 Å². The van der Waals surface area contributed by atoms with Gasteiger partial charge in [-0.25, -0.2) is 0 Å². The Balaban J connectivity index is 0.000000956. The number of allylic oxidation sites excluding steroid dienone is 2. The van der Waals surface area contributed by atoms with E-state index in [0.717, 1.165) is 38.5 Å². The second-order valence-corrected chi connectivity index (χ2v) is 6.25. The Labute approximate surface area is 123 Å². The summed E-state index contributed by atoms with van der Waals surface area (Å²) in [5, 5.41) is 19.0. The zero-order valence-corrected chi connectivity index (χ0v) is 13.4. The van der Waals surface area contributed by atoms with E-state index in [1.165, 1.54) is 11.1 Å². The molecule has 0 aromatic carbocycles. The maximum Gasteiger partial charge on any atom is 0.306 e. The second kappa shape index (κ2) is 7.26.